The highest BCUT2D eigenvalue weighted by atomic mass is 32.2. The van der Waals surface area contributed by atoms with E-state index in [1.807, 2.05) is 13.8 Å². The maximum absolute atomic E-state index is 8.89. The van der Waals surface area contributed by atoms with Crippen LogP contribution in [0.3, 0.4) is 0 Å². The fraction of sp³-hybridized carbons (Fsp3) is 0.600. The molecule has 0 aromatic carbocycles. The number of carboxylic acid groups (broad SMARTS) is 2. The minimum Gasteiger partial charge on any atom is -0.550 e. The first kappa shape index (κ1) is 28.6. The summed E-state index contributed by atoms with van der Waals surface area (Å²) < 4.78 is 0. The van der Waals surface area contributed by atoms with E-state index < -0.39 is 11.9 Å². The molecule has 0 saturated carbocycles. The minimum atomic E-state index is -1.08. The number of thioether (sulfide) groups is 2. The second-order valence-electron chi connectivity index (χ2n) is 3.43. The van der Waals surface area contributed by atoms with Crippen LogP contribution in [0.25, 0.3) is 0 Å². The van der Waals surface area contributed by atoms with Crippen molar-refractivity contribution in [2.75, 3.05) is 0 Å². The Morgan fingerprint density at radius 3 is 1.00 bits per heavy atom. The van der Waals surface area contributed by atoms with Gasteiger partial charge in [0.15, 0.2) is 0 Å². The van der Waals surface area contributed by atoms with Gasteiger partial charge in [0.2, 0.25) is 0 Å². The van der Waals surface area contributed by atoms with Gasteiger partial charge in [0.1, 0.15) is 0 Å². The quantitative estimate of drug-likeness (QED) is 0.155. The van der Waals surface area contributed by atoms with Gasteiger partial charge in [-0.3, -0.25) is 22.3 Å². The zero-order valence-corrected chi connectivity index (χ0v) is 14.7. The van der Waals surface area contributed by atoms with Crippen LogP contribution >= 0.6 is 23.5 Å². The van der Waals surface area contributed by atoms with Crippen molar-refractivity contribution >= 4 is 45.8 Å². The van der Waals surface area contributed by atoms with Gasteiger partial charge in [-0.1, -0.05) is 0 Å². The van der Waals surface area contributed by atoms with Crippen molar-refractivity contribution in [2.24, 2.45) is 22.9 Å². The lowest BCUT2D eigenvalue weighted by Crippen LogP contribution is -2.44. The van der Waals surface area contributed by atoms with E-state index in [1.165, 1.54) is 23.5 Å². The average molecular weight is 358 g/mol. The summed E-state index contributed by atoms with van der Waals surface area (Å²) in [5.41, 5.74) is 20.7. The summed E-state index contributed by atoms with van der Waals surface area (Å²) in [4.78, 5) is 17.8. The molecule has 2 atom stereocenters. The third-order valence-electron chi connectivity index (χ3n) is 0.644. The van der Waals surface area contributed by atoms with Crippen molar-refractivity contribution in [1.82, 2.24) is 0 Å². The number of carbonyl (C=O) groups is 2. The lowest BCUT2D eigenvalue weighted by Gasteiger charge is -1.94. The molecule has 0 radical (unpaired) electrons. The van der Waals surface area contributed by atoms with Gasteiger partial charge in [-0.15, -0.1) is 0 Å². The Hall–Kier alpha value is -1.50. The van der Waals surface area contributed by atoms with Crippen molar-refractivity contribution in [1.29, 1.82) is 0 Å². The molecule has 0 bridgehead atoms. The van der Waals surface area contributed by atoms with Gasteiger partial charge in [0.05, 0.1) is 10.7 Å². The highest BCUT2D eigenvalue weighted by molar-refractivity contribution is 8.14. The molecule has 0 amide bonds. The Balaban J connectivity index is -0.000000102. The van der Waals surface area contributed by atoms with E-state index >= 15 is 0 Å². The molecular formula is C10H26N6O4S2. The molecule has 0 aromatic rings. The molecule has 132 valence electrons. The van der Waals surface area contributed by atoms with Crippen LogP contribution in [0.5, 0.6) is 0 Å². The predicted octanol–water partition coefficient (Wildman–Crippen LogP) is -6.29. The zero-order chi connectivity index (χ0) is 18.9. The molecule has 10 nitrogen and oxygen atoms in total. The Bertz CT molecular complexity index is 299. The summed E-state index contributed by atoms with van der Waals surface area (Å²) in [6.07, 6.45) is 0. The normalized spacial score (nSPS) is 10.8. The van der Waals surface area contributed by atoms with Crippen LogP contribution in [0.1, 0.15) is 27.7 Å². The average Bonchev–Trinajstić information content (AvgIpc) is 2.10. The topological polar surface area (TPSA) is 236 Å². The van der Waals surface area contributed by atoms with Gasteiger partial charge in [0, 0.05) is 11.9 Å². The third-order valence-corrected chi connectivity index (χ3v) is 1.93. The molecule has 2 unspecified atom stereocenters. The van der Waals surface area contributed by atoms with Gasteiger partial charge in [-0.25, -0.2) is 0 Å². The van der Waals surface area contributed by atoms with E-state index in [0.717, 1.165) is 13.8 Å². The van der Waals surface area contributed by atoms with Gasteiger partial charge in [0.25, 0.3) is 0 Å². The molecule has 12 heteroatoms. The van der Waals surface area contributed by atoms with Crippen LogP contribution in [0.4, 0.5) is 0 Å². The van der Waals surface area contributed by atoms with Crippen LogP contribution in [-0.4, -0.2) is 33.0 Å². The first-order valence-corrected chi connectivity index (χ1v) is 7.43. The third kappa shape index (κ3) is 134. The highest BCUT2D eigenvalue weighted by Gasteiger charge is 1.99. The van der Waals surface area contributed by atoms with E-state index in [9.17, 15) is 0 Å². The van der Waals surface area contributed by atoms with Crippen LogP contribution in [0.15, 0.2) is 0 Å². The predicted molar refractivity (Wildman–Crippen MR) is 86.1 cm³/mol. The number of aliphatic carboxylic acids is 2. The monoisotopic (exact) mass is 358 g/mol. The second-order valence-corrected chi connectivity index (χ2v) is 6.34. The van der Waals surface area contributed by atoms with E-state index in [1.54, 1.807) is 0 Å². The Labute approximate surface area is 138 Å². The summed E-state index contributed by atoms with van der Waals surface area (Å²) in [5.74, 6) is -2.17. The van der Waals surface area contributed by atoms with E-state index in [0.29, 0.717) is 10.3 Å². The summed E-state index contributed by atoms with van der Waals surface area (Å²) in [6, 6.07) is 0. The zero-order valence-electron chi connectivity index (χ0n) is 13.1. The molecule has 0 aliphatic heterocycles. The van der Waals surface area contributed by atoms with Gasteiger partial charge in [-0.05, 0) is 51.2 Å². The SMILES string of the molecule is CC(=O)[O-].CC(=O)[O-].CC(N)SC(N)=[NH2+].CC(N)SC(N)=[NH2+]. The Morgan fingerprint density at radius 1 is 0.864 bits per heavy atom. The van der Waals surface area contributed by atoms with Gasteiger partial charge >= 0.3 is 10.3 Å². The molecule has 0 heterocycles. The van der Waals surface area contributed by atoms with Crippen LogP contribution < -0.4 is 44.0 Å². The van der Waals surface area contributed by atoms with Crippen molar-refractivity contribution in [3.63, 3.8) is 0 Å². The summed E-state index contributed by atoms with van der Waals surface area (Å²) in [7, 11) is 0. The van der Waals surface area contributed by atoms with Crippen LogP contribution in [-0.2, 0) is 9.59 Å². The Morgan fingerprint density at radius 2 is 1.00 bits per heavy atom. The maximum Gasteiger partial charge on any atom is 0.301 e. The van der Waals surface area contributed by atoms with Crippen molar-refractivity contribution in [3.8, 4) is 0 Å². The maximum atomic E-state index is 8.89. The molecule has 0 aliphatic rings. The number of hydrogen-bond donors (Lipinski definition) is 6. The number of nitrogens with two attached hydrogens (primary N) is 6. The van der Waals surface area contributed by atoms with Gasteiger partial charge in [-0.2, -0.15) is 0 Å². The van der Waals surface area contributed by atoms with Crippen molar-refractivity contribution in [3.05, 3.63) is 0 Å². The summed E-state index contributed by atoms with van der Waals surface area (Å²) in [6.45, 7) is 5.59. The molecule has 12 N–H and O–H groups in total. The first-order valence-electron chi connectivity index (χ1n) is 5.67. The van der Waals surface area contributed by atoms with E-state index in [2.05, 4.69) is 0 Å². The van der Waals surface area contributed by atoms with Gasteiger partial charge < -0.3 is 31.3 Å². The Kier molecular flexibility index (Phi) is 25.4. The molecular weight excluding hydrogens is 332 g/mol. The number of rotatable bonds is 2. The summed E-state index contributed by atoms with van der Waals surface area (Å²) >= 11 is 2.52. The molecule has 0 saturated heterocycles. The minimum absolute atomic E-state index is 0.00463. The fourth-order valence-corrected chi connectivity index (χ4v) is 1.29. The number of carbonyl (C=O) groups excluding carboxylic acids is 2. The molecule has 0 aromatic heterocycles. The lowest BCUT2D eigenvalue weighted by atomic mass is 10.8. The molecule has 22 heavy (non-hydrogen) atoms. The number of hydrogen-bond acceptors (Lipinski definition) is 8. The van der Waals surface area contributed by atoms with E-state index in [-0.39, 0.29) is 10.7 Å². The molecule has 0 fully saturated rings. The summed E-state index contributed by atoms with van der Waals surface area (Å²) in [5, 5.41) is 28.6. The van der Waals surface area contributed by atoms with Crippen molar-refractivity contribution in [2.45, 2.75) is 38.4 Å². The molecule has 0 spiro atoms. The molecule has 0 aliphatic carbocycles. The largest absolute Gasteiger partial charge is 0.550 e. The number of carboxylic acids is 2. The van der Waals surface area contributed by atoms with Crippen LogP contribution in [0.2, 0.25) is 0 Å². The highest BCUT2D eigenvalue weighted by Crippen LogP contribution is 1.98. The number of amidine groups is 2. The standard InChI is InChI=1S/2C3H9N3S.2C2H4O2/c2*1-2(4)7-3(5)6;2*1-2(3)4/h2*2H,4H2,1H3,(H3,5,6);2*1H3,(H,3,4). The molecule has 0 rings (SSSR count). The smallest absolute Gasteiger partial charge is 0.301 e. The first-order chi connectivity index (χ1) is 9.72. The fourth-order valence-electron chi connectivity index (χ4n) is 0.429. The van der Waals surface area contributed by atoms with E-state index in [4.69, 9.17) is 53.6 Å². The van der Waals surface area contributed by atoms with Crippen molar-refractivity contribution < 1.29 is 30.6 Å². The lowest BCUT2D eigenvalue weighted by molar-refractivity contribution is -0.303. The second kappa shape index (κ2) is 19.5. The van der Waals surface area contributed by atoms with Crippen LogP contribution in [0, 0.1) is 0 Å².